The van der Waals surface area contributed by atoms with Gasteiger partial charge < -0.3 is 15.2 Å². The van der Waals surface area contributed by atoms with Crippen molar-refractivity contribution >= 4 is 21.8 Å². The van der Waals surface area contributed by atoms with E-state index in [1.165, 1.54) is 12.1 Å². The first-order chi connectivity index (χ1) is 12.1. The highest BCUT2D eigenvalue weighted by Gasteiger charge is 2.31. The smallest absolute Gasteiger partial charge is 0.406 e. The SMILES string of the molecule is CC(C)c1[nH]nc(C(=O)NCC(O)c2ccc(OC(F)(F)F)cc2)c1Br. The second kappa shape index (κ2) is 8.09. The second-order valence-electron chi connectivity index (χ2n) is 5.80. The van der Waals surface area contributed by atoms with E-state index in [0.29, 0.717) is 10.0 Å². The first-order valence-electron chi connectivity index (χ1n) is 7.64. The summed E-state index contributed by atoms with van der Waals surface area (Å²) in [6.45, 7) is 3.75. The maximum atomic E-state index is 12.2. The summed E-state index contributed by atoms with van der Waals surface area (Å²) in [7, 11) is 0. The van der Waals surface area contributed by atoms with Crippen LogP contribution in [0.2, 0.25) is 0 Å². The van der Waals surface area contributed by atoms with Crippen molar-refractivity contribution in [2.24, 2.45) is 0 Å². The van der Waals surface area contributed by atoms with Gasteiger partial charge in [-0.25, -0.2) is 0 Å². The van der Waals surface area contributed by atoms with Gasteiger partial charge in [-0.3, -0.25) is 9.89 Å². The quantitative estimate of drug-likeness (QED) is 0.645. The number of aromatic nitrogens is 2. The van der Waals surface area contributed by atoms with Gasteiger partial charge >= 0.3 is 6.36 Å². The molecular formula is C16H17BrF3N3O3. The number of hydrogen-bond donors (Lipinski definition) is 3. The highest BCUT2D eigenvalue weighted by atomic mass is 79.9. The molecule has 6 nitrogen and oxygen atoms in total. The molecule has 0 aliphatic heterocycles. The number of aliphatic hydroxyl groups excluding tert-OH is 1. The lowest BCUT2D eigenvalue weighted by atomic mass is 10.1. The van der Waals surface area contributed by atoms with Gasteiger partial charge in [0.2, 0.25) is 0 Å². The van der Waals surface area contributed by atoms with Gasteiger partial charge in [-0.1, -0.05) is 26.0 Å². The average molecular weight is 436 g/mol. The summed E-state index contributed by atoms with van der Waals surface area (Å²) in [6, 6.07) is 4.76. The Hall–Kier alpha value is -2.07. The largest absolute Gasteiger partial charge is 0.573 e. The van der Waals surface area contributed by atoms with Gasteiger partial charge in [-0.15, -0.1) is 13.2 Å². The van der Waals surface area contributed by atoms with Crippen LogP contribution < -0.4 is 10.1 Å². The fourth-order valence-corrected chi connectivity index (χ4v) is 2.97. The van der Waals surface area contributed by atoms with E-state index in [2.05, 4.69) is 36.2 Å². The van der Waals surface area contributed by atoms with E-state index < -0.39 is 18.4 Å². The summed E-state index contributed by atoms with van der Waals surface area (Å²) in [6.07, 6.45) is -5.87. The first-order valence-corrected chi connectivity index (χ1v) is 8.43. The Kier molecular flexibility index (Phi) is 6.30. The number of rotatable bonds is 6. The Bertz CT molecular complexity index is 760. The zero-order chi connectivity index (χ0) is 19.5. The standard InChI is InChI=1S/C16H17BrF3N3O3/c1-8(2)13-12(17)14(23-22-13)15(25)21-7-11(24)9-3-5-10(6-4-9)26-16(18,19)20/h3-6,8,11,24H,7H2,1-2H3,(H,21,25)(H,22,23). The van der Waals surface area contributed by atoms with Crippen LogP contribution in [0.25, 0.3) is 0 Å². The van der Waals surface area contributed by atoms with Crippen LogP contribution >= 0.6 is 15.9 Å². The van der Waals surface area contributed by atoms with Crippen LogP contribution in [0.4, 0.5) is 13.2 Å². The Morgan fingerprint density at radius 2 is 1.96 bits per heavy atom. The van der Waals surface area contributed by atoms with Crippen molar-refractivity contribution in [1.29, 1.82) is 0 Å². The molecule has 2 aromatic rings. The zero-order valence-corrected chi connectivity index (χ0v) is 15.5. The lowest BCUT2D eigenvalue weighted by molar-refractivity contribution is -0.274. The number of amides is 1. The summed E-state index contributed by atoms with van der Waals surface area (Å²) in [5.41, 5.74) is 1.27. The molecule has 1 amide bonds. The molecule has 1 unspecified atom stereocenters. The number of H-pyrrole nitrogens is 1. The first kappa shape index (κ1) is 20.2. The van der Waals surface area contributed by atoms with E-state index in [9.17, 15) is 23.1 Å². The van der Waals surface area contributed by atoms with Gasteiger partial charge in [0.15, 0.2) is 5.69 Å². The van der Waals surface area contributed by atoms with E-state index >= 15 is 0 Å². The highest BCUT2D eigenvalue weighted by molar-refractivity contribution is 9.10. The lowest BCUT2D eigenvalue weighted by Crippen LogP contribution is -2.29. The molecule has 0 spiro atoms. The van der Waals surface area contributed by atoms with Crippen molar-refractivity contribution in [2.45, 2.75) is 32.2 Å². The van der Waals surface area contributed by atoms with E-state index in [1.807, 2.05) is 13.8 Å². The summed E-state index contributed by atoms with van der Waals surface area (Å²) in [5.74, 6) is -0.739. The van der Waals surface area contributed by atoms with E-state index in [-0.39, 0.29) is 23.9 Å². The molecule has 0 aliphatic carbocycles. The maximum absolute atomic E-state index is 12.2. The van der Waals surface area contributed by atoms with E-state index in [0.717, 1.165) is 17.8 Å². The van der Waals surface area contributed by atoms with Gasteiger partial charge in [-0.2, -0.15) is 5.10 Å². The van der Waals surface area contributed by atoms with E-state index in [1.54, 1.807) is 0 Å². The number of aliphatic hydroxyl groups is 1. The summed E-state index contributed by atoms with van der Waals surface area (Å²) in [4.78, 5) is 12.2. The van der Waals surface area contributed by atoms with Crippen LogP contribution in [0.15, 0.2) is 28.7 Å². The van der Waals surface area contributed by atoms with Crippen molar-refractivity contribution in [3.05, 3.63) is 45.7 Å². The molecule has 142 valence electrons. The minimum atomic E-state index is -4.78. The third-order valence-corrected chi connectivity index (χ3v) is 4.28. The van der Waals surface area contributed by atoms with Crippen LogP contribution in [0.3, 0.4) is 0 Å². The van der Waals surface area contributed by atoms with Gasteiger partial charge in [0, 0.05) is 6.54 Å². The summed E-state index contributed by atoms with van der Waals surface area (Å²) < 4.78 is 40.7. The normalized spacial score (nSPS) is 12.9. The van der Waals surface area contributed by atoms with Gasteiger partial charge in [0.05, 0.1) is 16.3 Å². The molecule has 3 N–H and O–H groups in total. The third kappa shape index (κ3) is 5.21. The Morgan fingerprint density at radius 3 is 2.46 bits per heavy atom. The minimum absolute atomic E-state index is 0.130. The predicted octanol–water partition coefficient (Wildman–Crippen LogP) is 3.66. The number of halogens is 4. The third-order valence-electron chi connectivity index (χ3n) is 3.48. The number of nitrogens with one attached hydrogen (secondary N) is 2. The number of carbonyl (C=O) groups is 1. The maximum Gasteiger partial charge on any atom is 0.573 e. The van der Waals surface area contributed by atoms with E-state index in [4.69, 9.17) is 0 Å². The number of alkyl halides is 3. The number of nitrogens with zero attached hydrogens (tertiary/aromatic N) is 1. The molecule has 0 fully saturated rings. The molecule has 1 aromatic carbocycles. The van der Waals surface area contributed by atoms with Crippen molar-refractivity contribution < 1.29 is 27.8 Å². The van der Waals surface area contributed by atoms with Crippen molar-refractivity contribution in [2.75, 3.05) is 6.54 Å². The van der Waals surface area contributed by atoms with Crippen molar-refractivity contribution in [1.82, 2.24) is 15.5 Å². The molecule has 2 rings (SSSR count). The zero-order valence-electron chi connectivity index (χ0n) is 13.9. The molecule has 0 saturated carbocycles. The second-order valence-corrected chi connectivity index (χ2v) is 6.59. The van der Waals surface area contributed by atoms with Crippen molar-refractivity contribution in [3.63, 3.8) is 0 Å². The number of carbonyl (C=O) groups excluding carboxylic acids is 1. The molecule has 1 aromatic heterocycles. The number of hydrogen-bond acceptors (Lipinski definition) is 4. The molecule has 0 bridgehead atoms. The minimum Gasteiger partial charge on any atom is -0.406 e. The van der Waals surface area contributed by atoms with Crippen LogP contribution in [-0.2, 0) is 0 Å². The molecule has 1 atom stereocenters. The fraction of sp³-hybridized carbons (Fsp3) is 0.375. The molecule has 0 radical (unpaired) electrons. The molecule has 0 saturated heterocycles. The molecule has 1 heterocycles. The summed E-state index contributed by atoms with van der Waals surface area (Å²) >= 11 is 3.31. The van der Waals surface area contributed by atoms with Gasteiger partial charge in [0.1, 0.15) is 5.75 Å². The monoisotopic (exact) mass is 435 g/mol. The van der Waals surface area contributed by atoms with Gasteiger partial charge in [0.25, 0.3) is 5.91 Å². The van der Waals surface area contributed by atoms with Gasteiger partial charge in [-0.05, 0) is 39.5 Å². The average Bonchev–Trinajstić information content (AvgIpc) is 2.93. The summed E-state index contributed by atoms with van der Waals surface area (Å²) in [5, 5.41) is 19.3. The predicted molar refractivity (Wildman–Crippen MR) is 90.8 cm³/mol. The fourth-order valence-electron chi connectivity index (χ4n) is 2.16. The molecule has 10 heteroatoms. The van der Waals surface area contributed by atoms with Crippen LogP contribution in [0.5, 0.6) is 5.75 Å². The molecule has 0 aliphatic rings. The Balaban J connectivity index is 1.96. The number of ether oxygens (including phenoxy) is 1. The molecule has 26 heavy (non-hydrogen) atoms. The Labute approximate surface area is 155 Å². The van der Waals surface area contributed by atoms with Crippen LogP contribution in [0.1, 0.15) is 47.6 Å². The number of aromatic amines is 1. The lowest BCUT2D eigenvalue weighted by Gasteiger charge is -2.13. The molecular weight excluding hydrogens is 419 g/mol. The van der Waals surface area contributed by atoms with Crippen LogP contribution in [0, 0.1) is 0 Å². The van der Waals surface area contributed by atoms with Crippen molar-refractivity contribution in [3.8, 4) is 5.75 Å². The van der Waals surface area contributed by atoms with Crippen LogP contribution in [-0.4, -0.2) is 34.1 Å². The Morgan fingerprint density at radius 1 is 1.35 bits per heavy atom. The number of benzene rings is 1. The topological polar surface area (TPSA) is 87.2 Å². The highest BCUT2D eigenvalue weighted by Crippen LogP contribution is 2.26.